The van der Waals surface area contributed by atoms with Gasteiger partial charge in [-0.15, -0.1) is 0 Å². The molecule has 0 spiro atoms. The molecule has 8 heteroatoms. The van der Waals surface area contributed by atoms with E-state index < -0.39 is 5.91 Å². The lowest BCUT2D eigenvalue weighted by Gasteiger charge is -2.35. The van der Waals surface area contributed by atoms with E-state index in [-0.39, 0.29) is 23.4 Å². The van der Waals surface area contributed by atoms with E-state index in [0.29, 0.717) is 13.1 Å². The largest absolute Gasteiger partial charge is 0.459 e. The topological polar surface area (TPSA) is 91.8 Å². The van der Waals surface area contributed by atoms with Gasteiger partial charge >= 0.3 is 6.01 Å². The van der Waals surface area contributed by atoms with Crippen LogP contribution >= 0.6 is 0 Å². The highest BCUT2D eigenvalue weighted by molar-refractivity contribution is 6.01. The van der Waals surface area contributed by atoms with Gasteiger partial charge in [0.1, 0.15) is 6.26 Å². The van der Waals surface area contributed by atoms with Crippen molar-refractivity contribution in [1.82, 2.24) is 9.88 Å². The van der Waals surface area contributed by atoms with Crippen LogP contribution in [-0.4, -0.2) is 47.9 Å². The highest BCUT2D eigenvalue weighted by Crippen LogP contribution is 2.17. The van der Waals surface area contributed by atoms with Crippen LogP contribution in [0.5, 0.6) is 0 Å². The maximum Gasteiger partial charge on any atom is 0.302 e. The Hall–Kier alpha value is -3.55. The Labute approximate surface area is 155 Å². The standard InChI is InChI=1S/C19H18N4O4/c24-17(16-7-4-12-26-16)21-19-20-15(13-27-19)18(25)23-10-8-22(9-11-23)14-5-2-1-3-6-14/h1-7,12-13H,8-11H2,(H,20,21,24). The molecule has 4 rings (SSSR count). The van der Waals surface area contributed by atoms with Crippen LogP contribution in [0.15, 0.2) is 63.8 Å². The summed E-state index contributed by atoms with van der Waals surface area (Å²) in [5, 5.41) is 2.46. The zero-order valence-electron chi connectivity index (χ0n) is 14.5. The van der Waals surface area contributed by atoms with Crippen LogP contribution < -0.4 is 10.2 Å². The minimum absolute atomic E-state index is 0.0392. The van der Waals surface area contributed by atoms with E-state index >= 15 is 0 Å². The Balaban J connectivity index is 1.35. The number of nitrogens with zero attached hydrogens (tertiary/aromatic N) is 3. The summed E-state index contributed by atoms with van der Waals surface area (Å²) in [6.45, 7) is 2.68. The van der Waals surface area contributed by atoms with E-state index in [0.717, 1.165) is 18.8 Å². The molecule has 3 heterocycles. The fourth-order valence-electron chi connectivity index (χ4n) is 2.96. The normalized spacial score (nSPS) is 14.2. The zero-order valence-corrected chi connectivity index (χ0v) is 14.5. The van der Waals surface area contributed by atoms with Crippen molar-refractivity contribution >= 4 is 23.5 Å². The monoisotopic (exact) mass is 366 g/mol. The predicted molar refractivity (Wildman–Crippen MR) is 97.7 cm³/mol. The summed E-state index contributed by atoms with van der Waals surface area (Å²) < 4.78 is 10.2. The number of carbonyl (C=O) groups is 2. The van der Waals surface area contributed by atoms with Crippen LogP contribution in [0.2, 0.25) is 0 Å². The molecule has 0 radical (unpaired) electrons. The van der Waals surface area contributed by atoms with Gasteiger partial charge in [0, 0.05) is 31.9 Å². The molecule has 2 amide bonds. The molecule has 0 atom stereocenters. The van der Waals surface area contributed by atoms with Gasteiger partial charge < -0.3 is 18.6 Å². The molecule has 1 aliphatic rings. The second kappa shape index (κ2) is 7.36. The third-order valence-corrected chi connectivity index (χ3v) is 4.38. The second-order valence-corrected chi connectivity index (χ2v) is 6.08. The lowest BCUT2D eigenvalue weighted by Crippen LogP contribution is -2.48. The minimum Gasteiger partial charge on any atom is -0.459 e. The lowest BCUT2D eigenvalue weighted by atomic mass is 10.2. The van der Waals surface area contributed by atoms with Crippen LogP contribution in [0, 0.1) is 0 Å². The number of carbonyl (C=O) groups excluding carboxylic acids is 2. The smallest absolute Gasteiger partial charge is 0.302 e. The third-order valence-electron chi connectivity index (χ3n) is 4.38. The Bertz CT molecular complexity index is 912. The molecular formula is C19H18N4O4. The van der Waals surface area contributed by atoms with Crippen LogP contribution in [-0.2, 0) is 0 Å². The number of rotatable bonds is 4. The number of hydrogen-bond donors (Lipinski definition) is 1. The van der Waals surface area contributed by atoms with Gasteiger partial charge in [0.05, 0.1) is 6.26 Å². The summed E-state index contributed by atoms with van der Waals surface area (Å²) >= 11 is 0. The number of aromatic nitrogens is 1. The molecule has 2 aromatic heterocycles. The van der Waals surface area contributed by atoms with Gasteiger partial charge in [0.15, 0.2) is 11.5 Å². The Morgan fingerprint density at radius 1 is 0.963 bits per heavy atom. The third kappa shape index (κ3) is 3.69. The van der Waals surface area contributed by atoms with E-state index in [1.807, 2.05) is 18.2 Å². The summed E-state index contributed by atoms with van der Waals surface area (Å²) in [5.41, 5.74) is 1.31. The fraction of sp³-hybridized carbons (Fsp3) is 0.211. The molecule has 8 nitrogen and oxygen atoms in total. The van der Waals surface area contributed by atoms with E-state index in [1.165, 1.54) is 18.6 Å². The zero-order chi connectivity index (χ0) is 18.6. The van der Waals surface area contributed by atoms with Gasteiger partial charge in [0.2, 0.25) is 0 Å². The van der Waals surface area contributed by atoms with Crippen LogP contribution in [0.3, 0.4) is 0 Å². The van der Waals surface area contributed by atoms with E-state index in [2.05, 4.69) is 27.3 Å². The van der Waals surface area contributed by atoms with Gasteiger partial charge in [-0.25, -0.2) is 0 Å². The average molecular weight is 366 g/mol. The van der Waals surface area contributed by atoms with Crippen molar-refractivity contribution in [3.05, 3.63) is 66.4 Å². The summed E-state index contributed by atoms with van der Waals surface area (Å²) in [6, 6.07) is 13.2. The first-order valence-electron chi connectivity index (χ1n) is 8.60. The lowest BCUT2D eigenvalue weighted by molar-refractivity contribution is 0.0740. The molecule has 1 aromatic carbocycles. The summed E-state index contributed by atoms with van der Waals surface area (Å²) in [4.78, 5) is 32.6. The molecule has 0 aliphatic carbocycles. The van der Waals surface area contributed by atoms with Crippen molar-refractivity contribution in [2.24, 2.45) is 0 Å². The first-order valence-corrected chi connectivity index (χ1v) is 8.60. The van der Waals surface area contributed by atoms with Crippen LogP contribution in [0.25, 0.3) is 0 Å². The van der Waals surface area contributed by atoms with E-state index in [9.17, 15) is 9.59 Å². The molecule has 1 aliphatic heterocycles. The van der Waals surface area contributed by atoms with E-state index in [1.54, 1.807) is 11.0 Å². The van der Waals surface area contributed by atoms with Crippen molar-refractivity contribution < 1.29 is 18.4 Å². The number of benzene rings is 1. The second-order valence-electron chi connectivity index (χ2n) is 6.08. The summed E-state index contributed by atoms with van der Waals surface area (Å²) in [5.74, 6) is -0.569. The van der Waals surface area contributed by atoms with Gasteiger partial charge in [-0.05, 0) is 24.3 Å². The Morgan fingerprint density at radius 3 is 2.44 bits per heavy atom. The molecule has 3 aromatic rings. The molecule has 0 unspecified atom stereocenters. The van der Waals surface area contributed by atoms with Crippen molar-refractivity contribution in [3.8, 4) is 0 Å². The molecule has 27 heavy (non-hydrogen) atoms. The summed E-state index contributed by atoms with van der Waals surface area (Å²) in [6.07, 6.45) is 2.65. The molecule has 1 saturated heterocycles. The van der Waals surface area contributed by atoms with Crippen molar-refractivity contribution in [2.75, 3.05) is 36.4 Å². The van der Waals surface area contributed by atoms with E-state index in [4.69, 9.17) is 8.83 Å². The fourth-order valence-corrected chi connectivity index (χ4v) is 2.96. The molecule has 0 bridgehead atoms. The number of furan rings is 1. The van der Waals surface area contributed by atoms with Crippen molar-refractivity contribution in [1.29, 1.82) is 0 Å². The SMILES string of the molecule is O=C(Nc1nc(C(=O)N2CCN(c3ccccc3)CC2)co1)c1ccco1. The Kier molecular flexibility index (Phi) is 4.61. The van der Waals surface area contributed by atoms with Crippen LogP contribution in [0.1, 0.15) is 21.0 Å². The first-order chi connectivity index (χ1) is 13.2. The number of anilines is 2. The van der Waals surface area contributed by atoms with Gasteiger partial charge in [0.25, 0.3) is 11.8 Å². The molecular weight excluding hydrogens is 348 g/mol. The Morgan fingerprint density at radius 2 is 1.74 bits per heavy atom. The maximum absolute atomic E-state index is 12.6. The number of hydrogen-bond acceptors (Lipinski definition) is 6. The number of nitrogens with one attached hydrogen (secondary N) is 1. The number of oxazole rings is 1. The van der Waals surface area contributed by atoms with Gasteiger partial charge in [-0.2, -0.15) is 4.98 Å². The quantitative estimate of drug-likeness (QED) is 0.763. The highest BCUT2D eigenvalue weighted by atomic mass is 16.4. The van der Waals surface area contributed by atoms with Crippen molar-refractivity contribution in [3.63, 3.8) is 0 Å². The minimum atomic E-state index is -0.489. The van der Waals surface area contributed by atoms with Gasteiger partial charge in [-0.1, -0.05) is 18.2 Å². The predicted octanol–water partition coefficient (Wildman–Crippen LogP) is 2.48. The molecule has 1 N–H and O–H groups in total. The molecule has 138 valence electrons. The maximum atomic E-state index is 12.6. The molecule has 1 fully saturated rings. The van der Waals surface area contributed by atoms with Crippen molar-refractivity contribution in [2.45, 2.75) is 0 Å². The number of piperazine rings is 1. The van der Waals surface area contributed by atoms with Crippen LogP contribution in [0.4, 0.5) is 11.7 Å². The molecule has 0 saturated carbocycles. The highest BCUT2D eigenvalue weighted by Gasteiger charge is 2.25. The van der Waals surface area contributed by atoms with Gasteiger partial charge in [-0.3, -0.25) is 14.9 Å². The number of amides is 2. The summed E-state index contributed by atoms with van der Waals surface area (Å²) in [7, 11) is 0. The number of para-hydroxylation sites is 1. The first kappa shape index (κ1) is 16.9. The average Bonchev–Trinajstić information content (AvgIpc) is 3.40.